The van der Waals surface area contributed by atoms with E-state index in [4.69, 9.17) is 0 Å². The van der Waals surface area contributed by atoms with Crippen molar-refractivity contribution < 1.29 is 9.72 Å². The van der Waals surface area contributed by atoms with Crippen molar-refractivity contribution in [2.24, 2.45) is 0 Å². The van der Waals surface area contributed by atoms with Crippen LogP contribution < -0.4 is 10.2 Å². The Labute approximate surface area is 167 Å². The maximum atomic E-state index is 12.6. The van der Waals surface area contributed by atoms with Crippen LogP contribution in [0.1, 0.15) is 16.1 Å². The molecule has 0 radical (unpaired) electrons. The number of hydrogen-bond acceptors (Lipinski definition) is 8. The maximum absolute atomic E-state index is 12.6. The molecule has 9 nitrogen and oxygen atoms in total. The molecule has 10 heteroatoms. The number of carbonyl (C=O) groups is 1. The van der Waals surface area contributed by atoms with Crippen molar-refractivity contribution in [3.63, 3.8) is 0 Å². The summed E-state index contributed by atoms with van der Waals surface area (Å²) < 4.78 is 0. The summed E-state index contributed by atoms with van der Waals surface area (Å²) in [6.45, 7) is 3.81. The van der Waals surface area contributed by atoms with Crippen LogP contribution in [-0.2, 0) is 6.54 Å². The number of nitro groups is 1. The third-order valence-electron chi connectivity index (χ3n) is 4.53. The number of nitrogens with zero attached hydrogens (tertiary/aromatic N) is 5. The molecular formula is C18H24N6O3S. The SMILES string of the molecule is CN(C)Cc1csc(NC(=O)c2ccc(N3CCN(C)CC3)c([N+](=O)[O-])c2)n1. The molecule has 3 rings (SSSR count). The number of nitrogens with one attached hydrogen (secondary N) is 1. The number of likely N-dealkylation sites (N-methyl/N-ethyl adjacent to an activating group) is 1. The number of nitro benzene ring substituents is 1. The van der Waals surface area contributed by atoms with E-state index in [0.717, 1.165) is 31.9 Å². The Morgan fingerprint density at radius 3 is 2.68 bits per heavy atom. The lowest BCUT2D eigenvalue weighted by Crippen LogP contribution is -2.44. The molecular weight excluding hydrogens is 380 g/mol. The fraction of sp³-hybridized carbons (Fsp3) is 0.444. The van der Waals surface area contributed by atoms with E-state index in [9.17, 15) is 14.9 Å². The second kappa shape index (κ2) is 8.63. The highest BCUT2D eigenvalue weighted by molar-refractivity contribution is 7.13. The number of amides is 1. The van der Waals surface area contributed by atoms with E-state index in [1.807, 2.05) is 36.3 Å². The van der Waals surface area contributed by atoms with Gasteiger partial charge in [-0.05, 0) is 33.3 Å². The number of thiazole rings is 1. The molecule has 1 amide bonds. The quantitative estimate of drug-likeness (QED) is 0.582. The van der Waals surface area contributed by atoms with Gasteiger partial charge in [-0.3, -0.25) is 20.2 Å². The van der Waals surface area contributed by atoms with Crippen LogP contribution in [0.4, 0.5) is 16.5 Å². The standard InChI is InChI=1S/C18H24N6O3S/c1-21(2)11-14-12-28-18(19-14)20-17(25)13-4-5-15(16(10-13)24(26)27)23-8-6-22(3)7-9-23/h4-5,10,12H,6-9,11H2,1-3H3,(H,19,20,25). The largest absolute Gasteiger partial charge is 0.363 e. The molecule has 0 saturated carbocycles. The number of aromatic nitrogens is 1. The van der Waals surface area contributed by atoms with Crippen molar-refractivity contribution in [3.8, 4) is 0 Å². The number of carbonyl (C=O) groups excluding carboxylic acids is 1. The minimum Gasteiger partial charge on any atom is -0.363 e. The van der Waals surface area contributed by atoms with Crippen molar-refractivity contribution in [1.29, 1.82) is 0 Å². The van der Waals surface area contributed by atoms with Gasteiger partial charge in [0.2, 0.25) is 0 Å². The van der Waals surface area contributed by atoms with Gasteiger partial charge in [-0.1, -0.05) is 0 Å². The molecule has 0 bridgehead atoms. The lowest BCUT2D eigenvalue weighted by Gasteiger charge is -2.33. The molecule has 1 fully saturated rings. The van der Waals surface area contributed by atoms with Gasteiger partial charge in [0.1, 0.15) is 5.69 Å². The highest BCUT2D eigenvalue weighted by Crippen LogP contribution is 2.30. The summed E-state index contributed by atoms with van der Waals surface area (Å²) in [7, 11) is 5.92. The molecule has 1 aliphatic rings. The Morgan fingerprint density at radius 2 is 2.04 bits per heavy atom. The van der Waals surface area contributed by atoms with E-state index in [1.54, 1.807) is 12.1 Å². The van der Waals surface area contributed by atoms with Crippen molar-refractivity contribution in [2.75, 3.05) is 57.5 Å². The Balaban J connectivity index is 1.76. The summed E-state index contributed by atoms with van der Waals surface area (Å²) >= 11 is 1.33. The van der Waals surface area contributed by atoms with Crippen LogP contribution in [0, 0.1) is 10.1 Å². The Kier molecular flexibility index (Phi) is 6.22. The first-order valence-electron chi connectivity index (χ1n) is 8.96. The highest BCUT2D eigenvalue weighted by Gasteiger charge is 2.24. The average molecular weight is 404 g/mol. The Hall–Kier alpha value is -2.56. The zero-order valence-corrected chi connectivity index (χ0v) is 17.0. The van der Waals surface area contributed by atoms with Gasteiger partial charge in [0.25, 0.3) is 11.6 Å². The Bertz CT molecular complexity index is 861. The van der Waals surface area contributed by atoms with Crippen LogP contribution in [0.5, 0.6) is 0 Å². The first-order valence-corrected chi connectivity index (χ1v) is 9.84. The van der Waals surface area contributed by atoms with Gasteiger partial charge >= 0.3 is 0 Å². The van der Waals surface area contributed by atoms with Gasteiger partial charge in [-0.2, -0.15) is 0 Å². The maximum Gasteiger partial charge on any atom is 0.293 e. The third-order valence-corrected chi connectivity index (χ3v) is 5.34. The topological polar surface area (TPSA) is 94.9 Å². The van der Waals surface area contributed by atoms with Crippen LogP contribution in [0.25, 0.3) is 0 Å². The summed E-state index contributed by atoms with van der Waals surface area (Å²) in [4.78, 5) is 34.2. The van der Waals surface area contributed by atoms with Crippen molar-refractivity contribution in [1.82, 2.24) is 14.8 Å². The number of piperazine rings is 1. The summed E-state index contributed by atoms with van der Waals surface area (Å²) in [5.41, 5.74) is 1.61. The number of benzene rings is 1. The molecule has 1 aromatic heterocycles. The number of anilines is 2. The predicted octanol–water partition coefficient (Wildman–Crippen LogP) is 2.12. The molecule has 2 heterocycles. The molecule has 2 aromatic rings. The van der Waals surface area contributed by atoms with E-state index < -0.39 is 10.8 Å². The van der Waals surface area contributed by atoms with Gasteiger partial charge in [-0.25, -0.2) is 4.98 Å². The van der Waals surface area contributed by atoms with E-state index in [1.165, 1.54) is 17.4 Å². The molecule has 0 atom stereocenters. The van der Waals surface area contributed by atoms with E-state index in [2.05, 4.69) is 15.2 Å². The van der Waals surface area contributed by atoms with Gasteiger partial charge in [0.15, 0.2) is 5.13 Å². The molecule has 150 valence electrons. The summed E-state index contributed by atoms with van der Waals surface area (Å²) in [6.07, 6.45) is 0. The molecule has 28 heavy (non-hydrogen) atoms. The summed E-state index contributed by atoms with van der Waals surface area (Å²) in [5, 5.41) is 16.7. The van der Waals surface area contributed by atoms with Crippen LogP contribution in [-0.4, -0.2) is 72.9 Å². The fourth-order valence-electron chi connectivity index (χ4n) is 3.06. The molecule has 1 N–H and O–H groups in total. The lowest BCUT2D eigenvalue weighted by molar-refractivity contribution is -0.384. The third kappa shape index (κ3) is 4.83. The van der Waals surface area contributed by atoms with Gasteiger partial charge in [0.05, 0.1) is 10.6 Å². The molecule has 0 aliphatic carbocycles. The minimum absolute atomic E-state index is 0.0513. The first kappa shape index (κ1) is 20.2. The van der Waals surface area contributed by atoms with Crippen molar-refractivity contribution in [3.05, 3.63) is 45.0 Å². The van der Waals surface area contributed by atoms with E-state index in [-0.39, 0.29) is 11.3 Å². The zero-order chi connectivity index (χ0) is 20.3. The Morgan fingerprint density at radius 1 is 1.32 bits per heavy atom. The lowest BCUT2D eigenvalue weighted by atomic mass is 10.1. The number of rotatable bonds is 6. The van der Waals surface area contributed by atoms with Crippen molar-refractivity contribution >= 4 is 33.8 Å². The molecule has 0 spiro atoms. The van der Waals surface area contributed by atoms with Gasteiger partial charge in [-0.15, -0.1) is 11.3 Å². The van der Waals surface area contributed by atoms with E-state index in [0.29, 0.717) is 17.4 Å². The van der Waals surface area contributed by atoms with Crippen LogP contribution in [0.3, 0.4) is 0 Å². The van der Waals surface area contributed by atoms with Crippen LogP contribution in [0.2, 0.25) is 0 Å². The second-order valence-electron chi connectivity index (χ2n) is 7.09. The monoisotopic (exact) mass is 404 g/mol. The summed E-state index contributed by atoms with van der Waals surface area (Å²) in [5.74, 6) is -0.404. The molecule has 0 unspecified atom stereocenters. The molecule has 1 saturated heterocycles. The van der Waals surface area contributed by atoms with Gasteiger partial charge in [0, 0.05) is 49.7 Å². The summed E-state index contributed by atoms with van der Waals surface area (Å²) in [6, 6.07) is 4.64. The number of hydrogen-bond donors (Lipinski definition) is 1. The fourth-order valence-corrected chi connectivity index (χ4v) is 3.75. The molecule has 1 aromatic carbocycles. The van der Waals surface area contributed by atoms with E-state index >= 15 is 0 Å². The average Bonchev–Trinajstić information content (AvgIpc) is 3.07. The first-order chi connectivity index (χ1) is 13.3. The smallest absolute Gasteiger partial charge is 0.293 e. The zero-order valence-electron chi connectivity index (χ0n) is 16.2. The highest BCUT2D eigenvalue weighted by atomic mass is 32.1. The predicted molar refractivity (Wildman–Crippen MR) is 110 cm³/mol. The minimum atomic E-state index is -0.428. The van der Waals surface area contributed by atoms with Crippen LogP contribution in [0.15, 0.2) is 23.6 Å². The normalized spacial score (nSPS) is 15.1. The van der Waals surface area contributed by atoms with Gasteiger partial charge < -0.3 is 14.7 Å². The second-order valence-corrected chi connectivity index (χ2v) is 7.94. The molecule has 1 aliphatic heterocycles. The van der Waals surface area contributed by atoms with Crippen molar-refractivity contribution in [2.45, 2.75) is 6.54 Å². The van der Waals surface area contributed by atoms with Crippen LogP contribution >= 0.6 is 11.3 Å².